The largest absolute Gasteiger partial charge is 0.438 e. The molecule has 0 unspecified atom stereocenters. The van der Waals surface area contributed by atoms with E-state index in [-0.39, 0.29) is 5.91 Å². The van der Waals surface area contributed by atoms with Crippen molar-refractivity contribution in [3.63, 3.8) is 0 Å². The van der Waals surface area contributed by atoms with Crippen LogP contribution in [0.2, 0.25) is 0 Å². The third-order valence-electron chi connectivity index (χ3n) is 3.70. The topological polar surface area (TPSA) is 108 Å². The van der Waals surface area contributed by atoms with Crippen LogP contribution in [0.4, 0.5) is 5.69 Å². The van der Waals surface area contributed by atoms with Crippen molar-refractivity contribution in [2.45, 2.75) is 6.92 Å². The van der Waals surface area contributed by atoms with Gasteiger partial charge in [0, 0.05) is 24.0 Å². The zero-order valence-corrected chi connectivity index (χ0v) is 14.9. The fraction of sp³-hybridized carbons (Fsp3) is 0.0526. The number of nitrogens with one attached hydrogen (secondary N) is 1. The summed E-state index contributed by atoms with van der Waals surface area (Å²) in [4.78, 5) is 20.9. The molecule has 4 aromatic rings. The first-order valence-corrected chi connectivity index (χ1v) is 8.39. The summed E-state index contributed by atoms with van der Waals surface area (Å²) in [7, 11) is 0. The van der Waals surface area contributed by atoms with E-state index in [0.717, 1.165) is 5.69 Å². The Labute approximate surface area is 160 Å². The Balaban J connectivity index is 1.45. The molecule has 9 heteroatoms. The van der Waals surface area contributed by atoms with Gasteiger partial charge in [0.1, 0.15) is 5.75 Å². The van der Waals surface area contributed by atoms with Gasteiger partial charge in [-0.2, -0.15) is 10.2 Å². The van der Waals surface area contributed by atoms with Crippen molar-refractivity contribution in [2.75, 3.05) is 5.32 Å². The summed E-state index contributed by atoms with van der Waals surface area (Å²) in [5.41, 5.74) is 1.69. The third kappa shape index (κ3) is 3.98. The van der Waals surface area contributed by atoms with E-state index in [2.05, 4.69) is 30.6 Å². The van der Waals surface area contributed by atoms with Crippen LogP contribution in [0.5, 0.6) is 11.6 Å². The average molecular weight is 373 g/mol. The minimum Gasteiger partial charge on any atom is -0.438 e. The van der Waals surface area contributed by atoms with Crippen molar-refractivity contribution >= 4 is 11.6 Å². The normalized spacial score (nSPS) is 10.5. The van der Waals surface area contributed by atoms with E-state index in [1.807, 2.05) is 6.92 Å². The maximum absolute atomic E-state index is 12.5. The molecular weight excluding hydrogens is 358 g/mol. The molecule has 3 heterocycles. The van der Waals surface area contributed by atoms with Crippen molar-refractivity contribution in [1.29, 1.82) is 0 Å². The SMILES string of the molecule is Cc1ccc(Oc2cccc(C(=O)Nc3cnc(-n4cccn4)nc3)c2)nn1. The number of benzene rings is 1. The first kappa shape index (κ1) is 17.3. The molecule has 0 aliphatic rings. The molecule has 4 rings (SSSR count). The number of nitrogens with zero attached hydrogens (tertiary/aromatic N) is 6. The molecule has 1 aromatic carbocycles. The molecule has 9 nitrogen and oxygen atoms in total. The second-order valence-corrected chi connectivity index (χ2v) is 5.82. The Hall–Kier alpha value is -4.14. The zero-order chi connectivity index (χ0) is 19.3. The summed E-state index contributed by atoms with van der Waals surface area (Å²) < 4.78 is 7.17. The number of ether oxygens (including phenoxy) is 1. The summed E-state index contributed by atoms with van der Waals surface area (Å²) in [5, 5.41) is 14.7. The second-order valence-electron chi connectivity index (χ2n) is 5.82. The third-order valence-corrected chi connectivity index (χ3v) is 3.70. The molecule has 0 atom stereocenters. The number of aromatic nitrogens is 6. The fourth-order valence-electron chi connectivity index (χ4n) is 2.36. The Morgan fingerprint density at radius 2 is 1.93 bits per heavy atom. The molecule has 0 fully saturated rings. The molecular formula is C19H15N7O2. The maximum atomic E-state index is 12.5. The standard InChI is InChI=1S/C19H15N7O2/c1-13-6-7-17(25-24-13)28-16-5-2-4-14(10-16)18(27)23-15-11-20-19(21-12-15)26-9-3-8-22-26/h2-12H,1H3,(H,23,27). The number of aryl methyl sites for hydroxylation is 1. The van der Waals surface area contributed by atoms with E-state index >= 15 is 0 Å². The molecule has 0 saturated carbocycles. The fourth-order valence-corrected chi connectivity index (χ4v) is 2.36. The van der Waals surface area contributed by atoms with Gasteiger partial charge >= 0.3 is 0 Å². The predicted molar refractivity (Wildman–Crippen MR) is 100 cm³/mol. The Bertz CT molecular complexity index is 1080. The molecule has 0 aliphatic carbocycles. The van der Waals surface area contributed by atoms with Crippen LogP contribution >= 0.6 is 0 Å². The van der Waals surface area contributed by atoms with Crippen LogP contribution in [0.1, 0.15) is 16.1 Å². The molecule has 3 aromatic heterocycles. The average Bonchev–Trinajstić information content (AvgIpc) is 3.25. The Morgan fingerprint density at radius 3 is 2.64 bits per heavy atom. The molecule has 0 spiro atoms. The van der Waals surface area contributed by atoms with Crippen LogP contribution in [0, 0.1) is 6.92 Å². The molecule has 1 N–H and O–H groups in total. The van der Waals surface area contributed by atoms with Gasteiger partial charge in [0.2, 0.25) is 5.88 Å². The number of carbonyl (C=O) groups excluding carboxylic acids is 1. The number of hydrogen-bond donors (Lipinski definition) is 1. The Morgan fingerprint density at radius 1 is 1.07 bits per heavy atom. The summed E-state index contributed by atoms with van der Waals surface area (Å²) in [6.45, 7) is 1.84. The van der Waals surface area contributed by atoms with E-state index in [4.69, 9.17) is 4.74 Å². The van der Waals surface area contributed by atoms with E-state index in [1.165, 1.54) is 17.1 Å². The van der Waals surface area contributed by atoms with Crippen molar-refractivity contribution in [1.82, 2.24) is 29.9 Å². The molecule has 0 saturated heterocycles. The van der Waals surface area contributed by atoms with Crippen molar-refractivity contribution < 1.29 is 9.53 Å². The van der Waals surface area contributed by atoms with Crippen molar-refractivity contribution in [2.24, 2.45) is 0 Å². The lowest BCUT2D eigenvalue weighted by Gasteiger charge is -2.08. The van der Waals surface area contributed by atoms with Crippen molar-refractivity contribution in [3.8, 4) is 17.6 Å². The van der Waals surface area contributed by atoms with Crippen LogP contribution in [0.3, 0.4) is 0 Å². The van der Waals surface area contributed by atoms with Crippen molar-refractivity contribution in [3.05, 3.63) is 78.5 Å². The monoisotopic (exact) mass is 373 g/mol. The van der Waals surface area contributed by atoms with Gasteiger partial charge < -0.3 is 10.1 Å². The lowest BCUT2D eigenvalue weighted by Crippen LogP contribution is -2.13. The van der Waals surface area contributed by atoms with Gasteiger partial charge in [0.25, 0.3) is 11.9 Å². The molecule has 0 bridgehead atoms. The zero-order valence-electron chi connectivity index (χ0n) is 14.9. The summed E-state index contributed by atoms with van der Waals surface area (Å²) in [6, 6.07) is 12.1. The highest BCUT2D eigenvalue weighted by molar-refractivity contribution is 6.04. The van der Waals surface area contributed by atoms with Gasteiger partial charge in [-0.3, -0.25) is 4.79 Å². The quantitative estimate of drug-likeness (QED) is 0.573. The summed E-state index contributed by atoms with van der Waals surface area (Å²) >= 11 is 0. The van der Waals surface area contributed by atoms with E-state index < -0.39 is 0 Å². The number of amides is 1. The maximum Gasteiger partial charge on any atom is 0.255 e. The molecule has 28 heavy (non-hydrogen) atoms. The highest BCUT2D eigenvalue weighted by atomic mass is 16.5. The molecule has 0 radical (unpaired) electrons. The van der Waals surface area contributed by atoms with Crippen LogP contribution < -0.4 is 10.1 Å². The van der Waals surface area contributed by atoms with Gasteiger partial charge in [-0.25, -0.2) is 14.6 Å². The minimum atomic E-state index is -0.309. The number of rotatable bonds is 5. The number of carbonyl (C=O) groups is 1. The lowest BCUT2D eigenvalue weighted by atomic mass is 10.2. The first-order valence-electron chi connectivity index (χ1n) is 8.39. The predicted octanol–water partition coefficient (Wildman–Crippen LogP) is 2.81. The van der Waals surface area contributed by atoms with Crippen LogP contribution in [-0.2, 0) is 0 Å². The first-order chi connectivity index (χ1) is 13.7. The second kappa shape index (κ2) is 7.62. The van der Waals surface area contributed by atoms with Crippen LogP contribution in [0.15, 0.2) is 67.3 Å². The highest BCUT2D eigenvalue weighted by Gasteiger charge is 2.09. The Kier molecular flexibility index (Phi) is 4.70. The van der Waals surface area contributed by atoms with E-state index in [0.29, 0.717) is 28.8 Å². The van der Waals surface area contributed by atoms with Gasteiger partial charge in [0.15, 0.2) is 0 Å². The van der Waals surface area contributed by atoms with Gasteiger partial charge in [-0.05, 0) is 37.3 Å². The van der Waals surface area contributed by atoms with Gasteiger partial charge in [-0.1, -0.05) is 6.07 Å². The summed E-state index contributed by atoms with van der Waals surface area (Å²) in [6.07, 6.45) is 6.40. The molecule has 1 amide bonds. The van der Waals surface area contributed by atoms with Gasteiger partial charge in [0.05, 0.1) is 23.8 Å². The summed E-state index contributed by atoms with van der Waals surface area (Å²) in [5.74, 6) is 0.940. The van der Waals surface area contributed by atoms with E-state index in [9.17, 15) is 4.79 Å². The number of anilines is 1. The van der Waals surface area contributed by atoms with E-state index in [1.54, 1.807) is 54.9 Å². The lowest BCUT2D eigenvalue weighted by molar-refractivity contribution is 0.102. The van der Waals surface area contributed by atoms with Crippen LogP contribution in [-0.4, -0.2) is 35.9 Å². The minimum absolute atomic E-state index is 0.309. The van der Waals surface area contributed by atoms with Gasteiger partial charge in [-0.15, -0.1) is 5.10 Å². The highest BCUT2D eigenvalue weighted by Crippen LogP contribution is 2.20. The molecule has 138 valence electrons. The number of hydrogen-bond acceptors (Lipinski definition) is 7. The molecule has 0 aliphatic heterocycles. The van der Waals surface area contributed by atoms with Crippen LogP contribution in [0.25, 0.3) is 5.95 Å². The smallest absolute Gasteiger partial charge is 0.255 e.